The molecule has 4 nitrogen and oxygen atoms in total. The van der Waals surface area contributed by atoms with Gasteiger partial charge in [0.15, 0.2) is 0 Å². The van der Waals surface area contributed by atoms with Gasteiger partial charge in [0, 0.05) is 13.1 Å². The summed E-state index contributed by atoms with van der Waals surface area (Å²) in [7, 11) is 0. The zero-order chi connectivity index (χ0) is 17.0. The van der Waals surface area contributed by atoms with Crippen molar-refractivity contribution in [3.05, 3.63) is 35.9 Å². The molecule has 0 aromatic heterocycles. The fourth-order valence-corrected chi connectivity index (χ4v) is 4.19. The minimum Gasteiger partial charge on any atom is -0.389 e. The maximum Gasteiger partial charge on any atom is 0.225 e. The van der Waals surface area contributed by atoms with E-state index in [1.54, 1.807) is 4.90 Å². The Morgan fingerprint density at radius 2 is 1.46 bits per heavy atom. The first-order chi connectivity index (χ1) is 11.5. The zero-order valence-electron chi connectivity index (χ0n) is 14.4. The third-order valence-corrected chi connectivity index (χ3v) is 5.60. The van der Waals surface area contributed by atoms with Gasteiger partial charge >= 0.3 is 0 Å². The van der Waals surface area contributed by atoms with E-state index in [0.717, 1.165) is 44.1 Å². The molecule has 0 radical (unpaired) electrons. The Balaban J connectivity index is 1.71. The van der Waals surface area contributed by atoms with Crippen molar-refractivity contribution in [1.82, 2.24) is 4.90 Å². The number of nitrogens with zero attached hydrogens (tertiary/aromatic N) is 1. The number of carbonyl (C=O) groups is 1. The number of hydrogen-bond donors (Lipinski definition) is 2. The van der Waals surface area contributed by atoms with E-state index in [-0.39, 0.29) is 12.3 Å². The summed E-state index contributed by atoms with van der Waals surface area (Å²) >= 11 is 0. The Labute approximate surface area is 144 Å². The van der Waals surface area contributed by atoms with Crippen LogP contribution in [0.3, 0.4) is 0 Å². The Hall–Kier alpha value is -1.39. The molecule has 0 unspecified atom stereocenters. The molecule has 0 heterocycles. The highest BCUT2D eigenvalue weighted by Gasteiger charge is 2.38. The molecule has 2 aliphatic carbocycles. The number of aliphatic hydroxyl groups is 2. The van der Waals surface area contributed by atoms with E-state index in [1.165, 1.54) is 0 Å². The second kappa shape index (κ2) is 7.24. The molecule has 4 heteroatoms. The first-order valence-corrected chi connectivity index (χ1v) is 9.25. The predicted molar refractivity (Wildman–Crippen MR) is 93.3 cm³/mol. The van der Waals surface area contributed by atoms with Crippen LogP contribution >= 0.6 is 0 Å². The normalized spacial score (nSPS) is 21.8. The molecule has 2 saturated carbocycles. The van der Waals surface area contributed by atoms with Crippen LogP contribution < -0.4 is 0 Å². The number of carbonyl (C=O) groups excluding carboxylic acids is 1. The van der Waals surface area contributed by atoms with Crippen molar-refractivity contribution in [3.63, 3.8) is 0 Å². The molecule has 0 aliphatic heterocycles. The van der Waals surface area contributed by atoms with Crippen LogP contribution in [0.25, 0.3) is 0 Å². The second-order valence-corrected chi connectivity index (χ2v) is 7.78. The van der Waals surface area contributed by atoms with Crippen LogP contribution in [0.4, 0.5) is 0 Å². The molecule has 1 aromatic rings. The van der Waals surface area contributed by atoms with Crippen LogP contribution in [-0.4, -0.2) is 38.8 Å². The lowest BCUT2D eigenvalue weighted by Gasteiger charge is -2.33. The Morgan fingerprint density at radius 1 is 0.917 bits per heavy atom. The highest BCUT2D eigenvalue weighted by atomic mass is 16.3. The average molecular weight is 331 g/mol. The molecule has 2 N–H and O–H groups in total. The van der Waals surface area contributed by atoms with Crippen LogP contribution in [0.1, 0.15) is 63.4 Å². The first kappa shape index (κ1) is 17.4. The van der Waals surface area contributed by atoms with E-state index in [4.69, 9.17) is 0 Å². The Kier molecular flexibility index (Phi) is 5.26. The van der Waals surface area contributed by atoms with Crippen molar-refractivity contribution in [2.24, 2.45) is 0 Å². The molecule has 0 atom stereocenters. The quantitative estimate of drug-likeness (QED) is 0.842. The summed E-state index contributed by atoms with van der Waals surface area (Å²) in [5, 5.41) is 21.3. The molecule has 2 aliphatic rings. The maximum absolute atomic E-state index is 12.9. The molecule has 132 valence electrons. The van der Waals surface area contributed by atoms with E-state index in [0.29, 0.717) is 25.9 Å². The number of benzene rings is 1. The lowest BCUT2D eigenvalue weighted by Crippen LogP contribution is -2.46. The van der Waals surface area contributed by atoms with Crippen LogP contribution in [0.2, 0.25) is 0 Å². The van der Waals surface area contributed by atoms with Gasteiger partial charge in [-0.3, -0.25) is 4.79 Å². The van der Waals surface area contributed by atoms with E-state index < -0.39 is 11.2 Å². The molecule has 0 spiro atoms. The monoisotopic (exact) mass is 331 g/mol. The molecule has 1 amide bonds. The molecular formula is C20H29NO3. The van der Waals surface area contributed by atoms with E-state index in [1.807, 2.05) is 30.3 Å². The summed E-state index contributed by atoms with van der Waals surface area (Å²) in [5.41, 5.74) is -0.543. The van der Waals surface area contributed by atoms with Gasteiger partial charge in [-0.2, -0.15) is 0 Å². The first-order valence-electron chi connectivity index (χ1n) is 9.25. The molecule has 1 aromatic carbocycles. The van der Waals surface area contributed by atoms with Gasteiger partial charge in [-0.15, -0.1) is 0 Å². The van der Waals surface area contributed by atoms with Crippen LogP contribution in [0.5, 0.6) is 0 Å². The SMILES string of the molecule is O=C(CC1(O)CCCC1)N(Cc1ccccc1)CC1(O)CCCC1. The van der Waals surface area contributed by atoms with Crippen molar-refractivity contribution in [3.8, 4) is 0 Å². The van der Waals surface area contributed by atoms with Gasteiger partial charge in [-0.05, 0) is 31.2 Å². The van der Waals surface area contributed by atoms with Crippen molar-refractivity contribution in [2.45, 2.75) is 75.5 Å². The molecule has 0 bridgehead atoms. The topological polar surface area (TPSA) is 60.8 Å². The van der Waals surface area contributed by atoms with Gasteiger partial charge in [-0.1, -0.05) is 56.0 Å². The average Bonchev–Trinajstić information content (AvgIpc) is 3.17. The summed E-state index contributed by atoms with van der Waals surface area (Å²) in [6.45, 7) is 0.870. The van der Waals surface area contributed by atoms with Gasteiger partial charge in [0.2, 0.25) is 5.91 Å². The molecular weight excluding hydrogens is 302 g/mol. The summed E-state index contributed by atoms with van der Waals surface area (Å²) in [6.07, 6.45) is 7.15. The second-order valence-electron chi connectivity index (χ2n) is 7.78. The van der Waals surface area contributed by atoms with Crippen molar-refractivity contribution in [1.29, 1.82) is 0 Å². The fourth-order valence-electron chi connectivity index (χ4n) is 4.19. The lowest BCUT2D eigenvalue weighted by molar-refractivity contribution is -0.140. The van der Waals surface area contributed by atoms with Crippen molar-refractivity contribution < 1.29 is 15.0 Å². The fraction of sp³-hybridized carbons (Fsp3) is 0.650. The van der Waals surface area contributed by atoms with Gasteiger partial charge in [0.25, 0.3) is 0 Å². The zero-order valence-corrected chi connectivity index (χ0v) is 14.4. The summed E-state index contributed by atoms with van der Waals surface area (Å²) in [4.78, 5) is 14.7. The lowest BCUT2D eigenvalue weighted by atomic mass is 9.95. The Bertz CT molecular complexity index is 545. The number of rotatable bonds is 6. The third kappa shape index (κ3) is 4.37. The summed E-state index contributed by atoms with van der Waals surface area (Å²) in [5.74, 6) is -0.0384. The minimum atomic E-state index is -0.843. The van der Waals surface area contributed by atoms with Gasteiger partial charge in [0.05, 0.1) is 17.6 Å². The van der Waals surface area contributed by atoms with Crippen LogP contribution in [-0.2, 0) is 11.3 Å². The van der Waals surface area contributed by atoms with Gasteiger partial charge in [-0.25, -0.2) is 0 Å². The third-order valence-electron chi connectivity index (χ3n) is 5.60. The molecule has 0 saturated heterocycles. The highest BCUT2D eigenvalue weighted by Crippen LogP contribution is 2.34. The van der Waals surface area contributed by atoms with Gasteiger partial charge < -0.3 is 15.1 Å². The molecule has 3 rings (SSSR count). The standard InChI is InChI=1S/C20H29NO3/c22-18(14-19(23)10-4-5-11-19)21(15-17-8-2-1-3-9-17)16-20(24)12-6-7-13-20/h1-3,8-9,23-24H,4-7,10-16H2. The predicted octanol–water partition coefficient (Wildman–Crippen LogP) is 3.02. The smallest absolute Gasteiger partial charge is 0.225 e. The number of hydrogen-bond acceptors (Lipinski definition) is 3. The maximum atomic E-state index is 12.9. The number of amides is 1. The highest BCUT2D eigenvalue weighted by molar-refractivity contribution is 5.77. The van der Waals surface area contributed by atoms with Crippen molar-refractivity contribution in [2.75, 3.05) is 6.54 Å². The molecule has 24 heavy (non-hydrogen) atoms. The van der Waals surface area contributed by atoms with E-state index in [9.17, 15) is 15.0 Å². The van der Waals surface area contributed by atoms with E-state index in [2.05, 4.69) is 0 Å². The van der Waals surface area contributed by atoms with E-state index >= 15 is 0 Å². The molecule has 2 fully saturated rings. The summed E-state index contributed by atoms with van der Waals surface area (Å²) in [6, 6.07) is 9.90. The minimum absolute atomic E-state index is 0.0384. The Morgan fingerprint density at radius 3 is 2.04 bits per heavy atom. The van der Waals surface area contributed by atoms with Crippen LogP contribution in [0, 0.1) is 0 Å². The largest absolute Gasteiger partial charge is 0.389 e. The van der Waals surface area contributed by atoms with Gasteiger partial charge in [0.1, 0.15) is 0 Å². The van der Waals surface area contributed by atoms with Crippen LogP contribution in [0.15, 0.2) is 30.3 Å². The summed E-state index contributed by atoms with van der Waals surface area (Å²) < 4.78 is 0. The van der Waals surface area contributed by atoms with Crippen molar-refractivity contribution >= 4 is 5.91 Å².